The molecular formula is C6H8N2O. The molecule has 0 unspecified atom stereocenters. The van der Waals surface area contributed by atoms with Gasteiger partial charge in [-0.15, -0.1) is 0 Å². The molecule has 0 atom stereocenters. The fourth-order valence-corrected chi connectivity index (χ4v) is 0.749. The number of Topliss-reactive ketones (excluding diaryl/α,β-unsaturated/α-hetero) is 1. The minimum atomic E-state index is -0.00579. The maximum absolute atomic E-state index is 10.6. The molecule has 0 amide bonds. The van der Waals surface area contributed by atoms with Crippen LogP contribution in [0.1, 0.15) is 6.92 Å². The summed E-state index contributed by atoms with van der Waals surface area (Å²) >= 11 is 0. The van der Waals surface area contributed by atoms with Crippen molar-refractivity contribution in [2.24, 2.45) is 10.7 Å². The van der Waals surface area contributed by atoms with E-state index in [1.54, 1.807) is 6.08 Å². The number of nitrogens with zero attached hydrogens (tertiary/aromatic N) is 1. The van der Waals surface area contributed by atoms with Gasteiger partial charge in [-0.05, 0) is 13.0 Å². The Hall–Kier alpha value is -1.12. The first-order chi connectivity index (χ1) is 4.22. The van der Waals surface area contributed by atoms with Gasteiger partial charge >= 0.3 is 0 Å². The molecule has 48 valence electrons. The topological polar surface area (TPSA) is 55.5 Å². The number of rotatable bonds is 1. The number of amidine groups is 1. The van der Waals surface area contributed by atoms with Crippen LogP contribution in [0.15, 0.2) is 16.6 Å². The Morgan fingerprint density at radius 1 is 1.89 bits per heavy atom. The van der Waals surface area contributed by atoms with Crippen molar-refractivity contribution in [2.75, 3.05) is 6.54 Å². The molecule has 0 aliphatic carbocycles. The first-order valence-corrected chi connectivity index (χ1v) is 2.73. The van der Waals surface area contributed by atoms with Crippen molar-refractivity contribution in [3.63, 3.8) is 0 Å². The van der Waals surface area contributed by atoms with E-state index in [4.69, 9.17) is 5.73 Å². The number of hydrogen-bond acceptors (Lipinski definition) is 3. The van der Waals surface area contributed by atoms with Crippen LogP contribution in [0.5, 0.6) is 0 Å². The molecule has 3 nitrogen and oxygen atoms in total. The van der Waals surface area contributed by atoms with E-state index in [-0.39, 0.29) is 5.78 Å². The van der Waals surface area contributed by atoms with Gasteiger partial charge in [0.1, 0.15) is 5.84 Å². The van der Waals surface area contributed by atoms with Gasteiger partial charge in [-0.1, -0.05) is 0 Å². The summed E-state index contributed by atoms with van der Waals surface area (Å²) in [6, 6.07) is 0. The van der Waals surface area contributed by atoms with Crippen LogP contribution in [0.25, 0.3) is 0 Å². The summed E-state index contributed by atoms with van der Waals surface area (Å²) in [5.41, 5.74) is 5.91. The molecule has 0 fully saturated rings. The fraction of sp³-hybridized carbons (Fsp3) is 0.333. The third-order valence-corrected chi connectivity index (χ3v) is 1.21. The lowest BCUT2D eigenvalue weighted by Crippen LogP contribution is -2.16. The lowest BCUT2D eigenvalue weighted by molar-refractivity contribution is -0.113. The normalized spacial score (nSPS) is 17.0. The third kappa shape index (κ3) is 0.988. The standard InChI is InChI=1S/C6H8N2O/c1-4(9)5-2-3-8-6(5)7/h2H,3H2,1H3,(H2,7,8). The highest BCUT2D eigenvalue weighted by atomic mass is 16.1. The molecule has 2 N–H and O–H groups in total. The van der Waals surface area contributed by atoms with Crippen LogP contribution < -0.4 is 5.73 Å². The quantitative estimate of drug-likeness (QED) is 0.529. The number of ketones is 1. The Morgan fingerprint density at radius 3 is 2.78 bits per heavy atom. The lowest BCUT2D eigenvalue weighted by Gasteiger charge is -1.92. The number of aliphatic imine (C=N–C) groups is 1. The van der Waals surface area contributed by atoms with E-state index in [2.05, 4.69) is 4.99 Å². The van der Waals surface area contributed by atoms with E-state index in [0.29, 0.717) is 18.0 Å². The molecule has 3 heteroatoms. The van der Waals surface area contributed by atoms with E-state index in [1.807, 2.05) is 0 Å². The zero-order valence-corrected chi connectivity index (χ0v) is 5.22. The molecule has 0 saturated carbocycles. The van der Waals surface area contributed by atoms with Gasteiger partial charge in [-0.2, -0.15) is 0 Å². The largest absolute Gasteiger partial charge is 0.383 e. The number of hydrogen-bond donors (Lipinski definition) is 1. The van der Waals surface area contributed by atoms with Crippen molar-refractivity contribution in [2.45, 2.75) is 6.92 Å². The molecule has 0 bridgehead atoms. The Bertz CT molecular complexity index is 203. The Kier molecular flexibility index (Phi) is 1.34. The van der Waals surface area contributed by atoms with Crippen LogP contribution in [0.3, 0.4) is 0 Å². The number of carbonyl (C=O) groups is 1. The summed E-state index contributed by atoms with van der Waals surface area (Å²) in [7, 11) is 0. The highest BCUT2D eigenvalue weighted by Gasteiger charge is 2.11. The van der Waals surface area contributed by atoms with Gasteiger partial charge in [-0.25, -0.2) is 0 Å². The molecule has 0 radical (unpaired) electrons. The van der Waals surface area contributed by atoms with Crippen LogP contribution in [0, 0.1) is 0 Å². The first kappa shape index (κ1) is 6.01. The zero-order valence-electron chi connectivity index (χ0n) is 5.22. The zero-order chi connectivity index (χ0) is 6.85. The van der Waals surface area contributed by atoms with Crippen molar-refractivity contribution in [3.05, 3.63) is 11.6 Å². The second kappa shape index (κ2) is 2.01. The van der Waals surface area contributed by atoms with Gasteiger partial charge in [0.25, 0.3) is 0 Å². The maximum atomic E-state index is 10.6. The van der Waals surface area contributed by atoms with Crippen LogP contribution in [0.2, 0.25) is 0 Å². The van der Waals surface area contributed by atoms with Crippen molar-refractivity contribution in [1.29, 1.82) is 0 Å². The van der Waals surface area contributed by atoms with Crippen molar-refractivity contribution in [1.82, 2.24) is 0 Å². The SMILES string of the molecule is CC(=O)C1=CCN=C1N. The van der Waals surface area contributed by atoms with Crippen molar-refractivity contribution in [3.8, 4) is 0 Å². The molecule has 1 heterocycles. The van der Waals surface area contributed by atoms with Crippen LogP contribution in [-0.4, -0.2) is 18.2 Å². The predicted molar refractivity (Wildman–Crippen MR) is 35.3 cm³/mol. The van der Waals surface area contributed by atoms with Gasteiger partial charge in [0, 0.05) is 0 Å². The monoisotopic (exact) mass is 124 g/mol. The third-order valence-electron chi connectivity index (χ3n) is 1.21. The van der Waals surface area contributed by atoms with Gasteiger partial charge in [-0.3, -0.25) is 9.79 Å². The average molecular weight is 124 g/mol. The van der Waals surface area contributed by atoms with E-state index < -0.39 is 0 Å². The highest BCUT2D eigenvalue weighted by Crippen LogP contribution is 2.02. The summed E-state index contributed by atoms with van der Waals surface area (Å²) in [5.74, 6) is 0.372. The predicted octanol–water partition coefficient (Wildman–Crippen LogP) is -0.127. The van der Waals surface area contributed by atoms with E-state index in [0.717, 1.165) is 0 Å². The van der Waals surface area contributed by atoms with E-state index >= 15 is 0 Å². The van der Waals surface area contributed by atoms with Gasteiger partial charge in [0.2, 0.25) is 0 Å². The van der Waals surface area contributed by atoms with E-state index in [1.165, 1.54) is 6.92 Å². The van der Waals surface area contributed by atoms with Crippen LogP contribution >= 0.6 is 0 Å². The second-order valence-electron chi connectivity index (χ2n) is 1.90. The number of carbonyl (C=O) groups excluding carboxylic acids is 1. The minimum Gasteiger partial charge on any atom is -0.383 e. The minimum absolute atomic E-state index is 0.00579. The Labute approximate surface area is 53.3 Å². The molecule has 9 heavy (non-hydrogen) atoms. The highest BCUT2D eigenvalue weighted by molar-refractivity contribution is 6.21. The molecule has 0 spiro atoms. The Morgan fingerprint density at radius 2 is 2.56 bits per heavy atom. The summed E-state index contributed by atoms with van der Waals surface area (Å²) < 4.78 is 0. The Balaban J connectivity index is 2.84. The van der Waals surface area contributed by atoms with Gasteiger partial charge in [0.05, 0.1) is 12.1 Å². The van der Waals surface area contributed by atoms with Crippen LogP contribution in [-0.2, 0) is 4.79 Å². The van der Waals surface area contributed by atoms with Crippen molar-refractivity contribution < 1.29 is 4.79 Å². The summed E-state index contributed by atoms with van der Waals surface area (Å²) in [6.45, 7) is 2.04. The lowest BCUT2D eigenvalue weighted by atomic mass is 10.2. The number of nitrogens with two attached hydrogens (primary N) is 1. The molecule has 1 aliphatic rings. The van der Waals surface area contributed by atoms with Gasteiger partial charge < -0.3 is 5.73 Å². The molecule has 1 rings (SSSR count). The van der Waals surface area contributed by atoms with Crippen molar-refractivity contribution >= 4 is 11.6 Å². The molecular weight excluding hydrogens is 116 g/mol. The summed E-state index contributed by atoms with van der Waals surface area (Å²) in [6.07, 6.45) is 1.73. The summed E-state index contributed by atoms with van der Waals surface area (Å²) in [5, 5.41) is 0. The summed E-state index contributed by atoms with van der Waals surface area (Å²) in [4.78, 5) is 14.4. The average Bonchev–Trinajstić information content (AvgIpc) is 2.13. The second-order valence-corrected chi connectivity index (χ2v) is 1.90. The van der Waals surface area contributed by atoms with Gasteiger partial charge in [0.15, 0.2) is 5.78 Å². The fourth-order valence-electron chi connectivity index (χ4n) is 0.749. The molecule has 0 saturated heterocycles. The van der Waals surface area contributed by atoms with Crippen LogP contribution in [0.4, 0.5) is 0 Å². The first-order valence-electron chi connectivity index (χ1n) is 2.73. The van der Waals surface area contributed by atoms with E-state index in [9.17, 15) is 4.79 Å². The maximum Gasteiger partial charge on any atom is 0.163 e. The molecule has 0 aromatic carbocycles. The molecule has 0 aromatic heterocycles. The smallest absolute Gasteiger partial charge is 0.163 e. The molecule has 0 aromatic rings. The molecule has 1 aliphatic heterocycles.